The van der Waals surface area contributed by atoms with E-state index in [0.717, 1.165) is 95.4 Å². The van der Waals surface area contributed by atoms with Gasteiger partial charge in [0, 0.05) is 36.3 Å². The molecule has 2 nitrogen and oxygen atoms in total. The van der Waals surface area contributed by atoms with E-state index < -0.39 is 0 Å². The average molecular weight is 685 g/mol. The Balaban J connectivity index is 0.899. The highest BCUT2D eigenvalue weighted by Crippen LogP contribution is 2.62. The molecule has 2 aliphatic heterocycles. The molecular formula is C48H80N2. The van der Waals surface area contributed by atoms with Crippen LogP contribution in [0.2, 0.25) is 0 Å². The summed E-state index contributed by atoms with van der Waals surface area (Å²) in [7, 11) is 0. The molecule has 9 unspecified atom stereocenters. The Morgan fingerprint density at radius 1 is 0.240 bits per heavy atom. The van der Waals surface area contributed by atoms with Crippen LogP contribution in [0, 0.1) is 59.2 Å². The van der Waals surface area contributed by atoms with Crippen molar-refractivity contribution in [3.63, 3.8) is 0 Å². The van der Waals surface area contributed by atoms with Crippen LogP contribution in [0.25, 0.3) is 0 Å². The molecule has 10 aliphatic rings. The van der Waals surface area contributed by atoms with Crippen molar-refractivity contribution >= 4 is 0 Å². The zero-order chi connectivity index (χ0) is 33.0. The molecule has 0 aromatic carbocycles. The first-order valence-corrected chi connectivity index (χ1v) is 24.4. The summed E-state index contributed by atoms with van der Waals surface area (Å²) < 4.78 is 0. The van der Waals surface area contributed by atoms with Gasteiger partial charge in [0.2, 0.25) is 0 Å². The first-order chi connectivity index (χ1) is 24.8. The summed E-state index contributed by atoms with van der Waals surface area (Å²) in [4.78, 5) is 6.84. The van der Waals surface area contributed by atoms with Crippen LogP contribution in [-0.4, -0.2) is 46.1 Å². The quantitative estimate of drug-likeness (QED) is 0.284. The Labute approximate surface area is 309 Å². The predicted molar refractivity (Wildman–Crippen MR) is 209 cm³/mol. The second-order valence-corrected chi connectivity index (χ2v) is 21.4. The smallest absolute Gasteiger partial charge is 0.0137 e. The fourth-order valence-electron chi connectivity index (χ4n) is 17.6. The van der Waals surface area contributed by atoms with Gasteiger partial charge >= 0.3 is 0 Å². The molecule has 282 valence electrons. The van der Waals surface area contributed by atoms with Gasteiger partial charge in [-0.1, -0.05) is 109 Å². The van der Waals surface area contributed by atoms with Crippen LogP contribution in [0.3, 0.4) is 0 Å². The van der Waals surface area contributed by atoms with Crippen molar-refractivity contribution in [2.45, 2.75) is 242 Å². The maximum Gasteiger partial charge on any atom is 0.0137 e. The van der Waals surface area contributed by atoms with E-state index in [1.54, 1.807) is 154 Å². The average Bonchev–Trinajstić information content (AvgIpc) is 3.71. The van der Waals surface area contributed by atoms with Crippen molar-refractivity contribution in [2.75, 3.05) is 0 Å². The monoisotopic (exact) mass is 685 g/mol. The molecule has 50 heavy (non-hydrogen) atoms. The minimum atomic E-state index is 0.939. The highest BCUT2D eigenvalue weighted by Gasteiger charge is 2.64. The molecule has 8 saturated carbocycles. The third-order valence-electron chi connectivity index (χ3n) is 19.6. The maximum atomic E-state index is 3.45. The van der Waals surface area contributed by atoms with Crippen LogP contribution in [0.5, 0.6) is 0 Å². The second kappa shape index (κ2) is 15.2. The van der Waals surface area contributed by atoms with E-state index in [9.17, 15) is 0 Å². The van der Waals surface area contributed by atoms with Gasteiger partial charge in [-0.05, 0) is 155 Å². The fourth-order valence-corrected chi connectivity index (χ4v) is 17.6. The molecule has 0 bridgehead atoms. The van der Waals surface area contributed by atoms with Crippen molar-refractivity contribution < 1.29 is 0 Å². The second-order valence-electron chi connectivity index (χ2n) is 21.4. The Bertz CT molecular complexity index is 1080. The maximum absolute atomic E-state index is 3.45. The zero-order valence-corrected chi connectivity index (χ0v) is 32.8. The van der Waals surface area contributed by atoms with E-state index in [1.165, 1.54) is 51.4 Å². The molecule has 0 aromatic rings. The van der Waals surface area contributed by atoms with Crippen LogP contribution in [0.4, 0.5) is 0 Å². The standard InChI is InChI=1S/C48H80N2/c1-4-12-33(13-5-1)36-20-25-39(26-21-36)49-43-19-11-10-18-41(43)47-44(49)30-31-45-48(47)42-29-24-38(35-16-8-3-9-17-35)32-46(42)50(45)40-27-22-37(23-28-40)34-14-6-2-7-15-34/h33-48H,1-32H2. The summed E-state index contributed by atoms with van der Waals surface area (Å²) in [5.74, 6) is 10.7. The predicted octanol–water partition coefficient (Wildman–Crippen LogP) is 12.6. The Hall–Kier alpha value is -0.0800. The summed E-state index contributed by atoms with van der Waals surface area (Å²) in [5.41, 5.74) is 0. The van der Waals surface area contributed by atoms with Crippen LogP contribution in [0.15, 0.2) is 0 Å². The minimum absolute atomic E-state index is 0.939. The van der Waals surface area contributed by atoms with Crippen molar-refractivity contribution in [1.29, 1.82) is 0 Å². The lowest BCUT2D eigenvalue weighted by molar-refractivity contribution is 0.00682. The molecule has 9 atom stereocenters. The number of fused-ring (bicyclic) bond motifs is 7. The highest BCUT2D eigenvalue weighted by atomic mass is 15.3. The van der Waals surface area contributed by atoms with Gasteiger partial charge < -0.3 is 0 Å². The molecule has 8 aliphatic carbocycles. The largest absolute Gasteiger partial charge is 0.294 e. The van der Waals surface area contributed by atoms with Gasteiger partial charge in [-0.3, -0.25) is 9.80 Å². The van der Waals surface area contributed by atoms with Gasteiger partial charge in [0.1, 0.15) is 0 Å². The molecule has 10 rings (SSSR count). The highest BCUT2D eigenvalue weighted by molar-refractivity contribution is 5.16. The number of nitrogens with zero attached hydrogens (tertiary/aromatic N) is 2. The van der Waals surface area contributed by atoms with Crippen molar-refractivity contribution in [2.24, 2.45) is 59.2 Å². The molecule has 2 saturated heterocycles. The van der Waals surface area contributed by atoms with Crippen molar-refractivity contribution in [1.82, 2.24) is 9.80 Å². The van der Waals surface area contributed by atoms with Crippen LogP contribution in [0.1, 0.15) is 205 Å². The van der Waals surface area contributed by atoms with E-state index in [-0.39, 0.29) is 0 Å². The molecule has 10 fully saturated rings. The number of hydrogen-bond acceptors (Lipinski definition) is 2. The lowest BCUT2D eigenvalue weighted by Gasteiger charge is -2.48. The van der Waals surface area contributed by atoms with Gasteiger partial charge in [0.25, 0.3) is 0 Å². The molecule has 0 radical (unpaired) electrons. The van der Waals surface area contributed by atoms with Gasteiger partial charge in [-0.25, -0.2) is 0 Å². The van der Waals surface area contributed by atoms with E-state index in [1.807, 2.05) is 0 Å². The van der Waals surface area contributed by atoms with Crippen LogP contribution < -0.4 is 0 Å². The molecule has 0 amide bonds. The molecule has 0 N–H and O–H groups in total. The van der Waals surface area contributed by atoms with Crippen LogP contribution >= 0.6 is 0 Å². The molecular weight excluding hydrogens is 605 g/mol. The van der Waals surface area contributed by atoms with Crippen molar-refractivity contribution in [3.8, 4) is 0 Å². The minimum Gasteiger partial charge on any atom is -0.294 e. The Kier molecular flexibility index (Phi) is 10.5. The molecule has 0 aromatic heterocycles. The fraction of sp³-hybridized carbons (Fsp3) is 1.00. The number of likely N-dealkylation sites (tertiary alicyclic amines) is 2. The normalized spacial score (nSPS) is 48.8. The summed E-state index contributed by atoms with van der Waals surface area (Å²) >= 11 is 0. The molecule has 2 heterocycles. The summed E-state index contributed by atoms with van der Waals surface area (Å²) in [6.45, 7) is 0. The lowest BCUT2D eigenvalue weighted by atomic mass is 9.60. The molecule has 2 heteroatoms. The topological polar surface area (TPSA) is 6.48 Å². The van der Waals surface area contributed by atoms with Gasteiger partial charge in [0.15, 0.2) is 0 Å². The zero-order valence-electron chi connectivity index (χ0n) is 32.8. The Morgan fingerprint density at radius 2 is 0.620 bits per heavy atom. The van der Waals surface area contributed by atoms with E-state index in [2.05, 4.69) is 9.80 Å². The summed E-state index contributed by atoms with van der Waals surface area (Å²) in [5, 5.41) is 0. The third-order valence-corrected chi connectivity index (χ3v) is 19.6. The van der Waals surface area contributed by atoms with E-state index in [0.29, 0.717) is 0 Å². The summed E-state index contributed by atoms with van der Waals surface area (Å²) in [6.07, 6.45) is 50.1. The first kappa shape index (κ1) is 34.4. The van der Waals surface area contributed by atoms with Crippen molar-refractivity contribution in [3.05, 3.63) is 0 Å². The van der Waals surface area contributed by atoms with E-state index >= 15 is 0 Å². The summed E-state index contributed by atoms with van der Waals surface area (Å²) in [6, 6.07) is 5.72. The van der Waals surface area contributed by atoms with Gasteiger partial charge in [-0.2, -0.15) is 0 Å². The first-order valence-electron chi connectivity index (χ1n) is 24.4. The molecule has 0 spiro atoms. The van der Waals surface area contributed by atoms with Gasteiger partial charge in [0.05, 0.1) is 0 Å². The number of rotatable bonds is 5. The van der Waals surface area contributed by atoms with Gasteiger partial charge in [-0.15, -0.1) is 0 Å². The van der Waals surface area contributed by atoms with E-state index in [4.69, 9.17) is 0 Å². The Morgan fingerprint density at radius 3 is 1.14 bits per heavy atom. The SMILES string of the molecule is C1CCC(C2CCC(N3C4CCCCC4C4C5C6CCC(C7CCCCC7)CC6N(C6CCC(C7CCCCC7)CC6)C5CCC43)CC2)CC1. The number of hydrogen-bond donors (Lipinski definition) is 0. The lowest BCUT2D eigenvalue weighted by Crippen LogP contribution is -2.53. The van der Waals surface area contributed by atoms with Crippen LogP contribution in [-0.2, 0) is 0 Å². The third kappa shape index (κ3) is 6.35.